The Morgan fingerprint density at radius 1 is 1.12 bits per heavy atom. The van der Waals surface area contributed by atoms with Crippen LogP contribution in [0.4, 0.5) is 0 Å². The second kappa shape index (κ2) is 10.1. The summed E-state index contributed by atoms with van der Waals surface area (Å²) in [7, 11) is 0. The molecule has 1 saturated heterocycles. The van der Waals surface area contributed by atoms with Crippen molar-refractivity contribution >= 4 is 17.7 Å². The van der Waals surface area contributed by atoms with E-state index in [0.29, 0.717) is 35.7 Å². The van der Waals surface area contributed by atoms with Gasteiger partial charge in [-0.3, -0.25) is 20.0 Å². The molecule has 1 aliphatic heterocycles. The molecule has 0 saturated carbocycles. The average Bonchev–Trinajstić information content (AvgIpc) is 3.25. The molecular formula is C24H24N6O4. The molecule has 3 aromatic rings. The van der Waals surface area contributed by atoms with Gasteiger partial charge in [-0.15, -0.1) is 0 Å². The quantitative estimate of drug-likeness (QED) is 0.341. The summed E-state index contributed by atoms with van der Waals surface area (Å²) in [5.74, 6) is -0.185. The van der Waals surface area contributed by atoms with Crippen LogP contribution in [0.15, 0.2) is 61.2 Å². The number of hydrogen-bond acceptors (Lipinski definition) is 7. The Morgan fingerprint density at radius 2 is 1.85 bits per heavy atom. The largest absolute Gasteiger partial charge is 0.491 e. The first-order valence-corrected chi connectivity index (χ1v) is 10.7. The van der Waals surface area contributed by atoms with E-state index >= 15 is 0 Å². The van der Waals surface area contributed by atoms with Crippen molar-refractivity contribution in [1.82, 2.24) is 19.9 Å². The third kappa shape index (κ3) is 5.34. The van der Waals surface area contributed by atoms with Gasteiger partial charge >= 0.3 is 5.97 Å². The molecule has 10 nitrogen and oxygen atoms in total. The molecule has 34 heavy (non-hydrogen) atoms. The van der Waals surface area contributed by atoms with Crippen LogP contribution in [0.5, 0.6) is 5.75 Å². The van der Waals surface area contributed by atoms with E-state index in [1.807, 2.05) is 12.1 Å². The zero-order valence-electron chi connectivity index (χ0n) is 18.3. The van der Waals surface area contributed by atoms with Crippen LogP contribution in [0, 0.1) is 11.3 Å². The molecule has 2 aromatic heterocycles. The highest BCUT2D eigenvalue weighted by Crippen LogP contribution is 2.28. The third-order valence-electron chi connectivity index (χ3n) is 5.65. The van der Waals surface area contributed by atoms with E-state index in [1.165, 1.54) is 18.6 Å². The van der Waals surface area contributed by atoms with Crippen molar-refractivity contribution in [2.75, 3.05) is 13.2 Å². The number of pyridine rings is 1. The van der Waals surface area contributed by atoms with Crippen LogP contribution in [0.25, 0.3) is 11.4 Å². The fourth-order valence-corrected chi connectivity index (χ4v) is 3.98. The zero-order chi connectivity index (χ0) is 24.1. The number of nitrogens with zero attached hydrogens (tertiary/aromatic N) is 4. The molecule has 1 aromatic carbocycles. The van der Waals surface area contributed by atoms with Gasteiger partial charge in [0.2, 0.25) is 0 Å². The molecule has 10 heteroatoms. The van der Waals surface area contributed by atoms with Crippen molar-refractivity contribution in [3.8, 4) is 17.1 Å². The second-order valence-corrected chi connectivity index (χ2v) is 8.10. The Bertz CT molecular complexity index is 1170. The van der Waals surface area contributed by atoms with Crippen LogP contribution in [-0.2, 0) is 4.79 Å². The molecule has 3 heterocycles. The molecule has 0 unspecified atom stereocenters. The van der Waals surface area contributed by atoms with Gasteiger partial charge < -0.3 is 20.5 Å². The summed E-state index contributed by atoms with van der Waals surface area (Å²) < 4.78 is 5.96. The molecule has 0 aliphatic carbocycles. The number of hydrogen-bond donors (Lipinski definition) is 3. The zero-order valence-corrected chi connectivity index (χ0v) is 18.3. The number of rotatable bonds is 8. The number of nitrogen functional groups attached to an aromatic ring is 1. The van der Waals surface area contributed by atoms with Crippen molar-refractivity contribution in [2.45, 2.75) is 18.9 Å². The second-order valence-electron chi connectivity index (χ2n) is 8.10. The summed E-state index contributed by atoms with van der Waals surface area (Å²) >= 11 is 0. The van der Waals surface area contributed by atoms with E-state index in [9.17, 15) is 14.7 Å². The van der Waals surface area contributed by atoms with Crippen molar-refractivity contribution in [3.63, 3.8) is 0 Å². The Balaban J connectivity index is 1.43. The minimum absolute atomic E-state index is 0.00440. The first kappa shape index (κ1) is 22.8. The Labute approximate surface area is 195 Å². The van der Waals surface area contributed by atoms with E-state index in [1.54, 1.807) is 35.4 Å². The number of carbonyl (C=O) groups is 2. The SMILES string of the molecule is N=C(N)c1cnc(-c2ccc(OC[C@@H]3C[C@@H](CC(=O)O)CN3C(=O)c3cccnc3)cc2)nc1. The predicted octanol–water partition coefficient (Wildman–Crippen LogP) is 2.21. The summed E-state index contributed by atoms with van der Waals surface area (Å²) in [6.45, 7) is 0.603. The number of carbonyl (C=O) groups excluding carboxylic acids is 1. The van der Waals surface area contributed by atoms with Gasteiger partial charge in [-0.25, -0.2) is 9.97 Å². The minimum atomic E-state index is -0.880. The number of amides is 1. The molecular weight excluding hydrogens is 436 g/mol. The lowest BCUT2D eigenvalue weighted by Gasteiger charge is -2.24. The number of amidine groups is 1. The van der Waals surface area contributed by atoms with Crippen molar-refractivity contribution < 1.29 is 19.4 Å². The highest BCUT2D eigenvalue weighted by atomic mass is 16.5. The van der Waals surface area contributed by atoms with Crippen molar-refractivity contribution in [1.29, 1.82) is 5.41 Å². The van der Waals surface area contributed by atoms with Crippen LogP contribution in [-0.4, -0.2) is 61.9 Å². The molecule has 174 valence electrons. The van der Waals surface area contributed by atoms with Gasteiger partial charge in [0.25, 0.3) is 5.91 Å². The summed E-state index contributed by atoms with van der Waals surface area (Å²) in [5, 5.41) is 16.6. The monoisotopic (exact) mass is 460 g/mol. The summed E-state index contributed by atoms with van der Waals surface area (Å²) in [6, 6.07) is 10.4. The van der Waals surface area contributed by atoms with Gasteiger partial charge in [-0.2, -0.15) is 0 Å². The average molecular weight is 460 g/mol. The number of aliphatic carboxylic acids is 1. The molecule has 0 bridgehead atoms. The molecule has 2 atom stereocenters. The summed E-state index contributed by atoms with van der Waals surface area (Å²) in [5.41, 5.74) is 7.12. The number of benzene rings is 1. The van der Waals surface area contributed by atoms with Crippen LogP contribution < -0.4 is 10.5 Å². The normalized spacial score (nSPS) is 17.4. The van der Waals surface area contributed by atoms with Gasteiger partial charge in [0.15, 0.2) is 5.82 Å². The number of aromatic nitrogens is 3. The van der Waals surface area contributed by atoms with Gasteiger partial charge in [-0.1, -0.05) is 0 Å². The molecule has 0 spiro atoms. The van der Waals surface area contributed by atoms with E-state index < -0.39 is 5.97 Å². The number of nitrogens with one attached hydrogen (secondary N) is 1. The Morgan fingerprint density at radius 3 is 2.47 bits per heavy atom. The molecule has 0 radical (unpaired) electrons. The fourth-order valence-electron chi connectivity index (χ4n) is 3.98. The number of ether oxygens (including phenoxy) is 1. The molecule has 1 fully saturated rings. The smallest absolute Gasteiger partial charge is 0.303 e. The van der Waals surface area contributed by atoms with Gasteiger partial charge in [0.1, 0.15) is 18.2 Å². The summed E-state index contributed by atoms with van der Waals surface area (Å²) in [4.78, 5) is 38.4. The Kier molecular flexibility index (Phi) is 6.77. The maximum absolute atomic E-state index is 13.0. The first-order valence-electron chi connectivity index (χ1n) is 10.7. The highest BCUT2D eigenvalue weighted by molar-refractivity contribution is 5.94. The van der Waals surface area contributed by atoms with Crippen LogP contribution in [0.2, 0.25) is 0 Å². The van der Waals surface area contributed by atoms with E-state index in [-0.39, 0.29) is 36.7 Å². The number of carboxylic acids is 1. The molecule has 4 rings (SSSR count). The highest BCUT2D eigenvalue weighted by Gasteiger charge is 2.37. The van der Waals surface area contributed by atoms with E-state index in [0.717, 1.165) is 5.56 Å². The topological polar surface area (TPSA) is 155 Å². The lowest BCUT2D eigenvalue weighted by atomic mass is 10.0. The number of likely N-dealkylation sites (tertiary alicyclic amines) is 1. The lowest BCUT2D eigenvalue weighted by Crippen LogP contribution is -2.39. The van der Waals surface area contributed by atoms with Gasteiger partial charge in [0.05, 0.1) is 17.2 Å². The number of nitrogens with two attached hydrogens (primary N) is 1. The van der Waals surface area contributed by atoms with Gasteiger partial charge in [0, 0.05) is 43.3 Å². The summed E-state index contributed by atoms with van der Waals surface area (Å²) in [6.07, 6.45) is 6.65. The van der Waals surface area contributed by atoms with Crippen LogP contribution in [0.3, 0.4) is 0 Å². The lowest BCUT2D eigenvalue weighted by molar-refractivity contribution is -0.138. The van der Waals surface area contributed by atoms with E-state index in [4.69, 9.17) is 15.9 Å². The first-order chi connectivity index (χ1) is 16.4. The predicted molar refractivity (Wildman–Crippen MR) is 123 cm³/mol. The third-order valence-corrected chi connectivity index (χ3v) is 5.65. The Hall–Kier alpha value is -4.34. The number of carboxylic acid groups (broad SMARTS) is 1. The van der Waals surface area contributed by atoms with Crippen molar-refractivity contribution in [3.05, 3.63) is 72.3 Å². The maximum Gasteiger partial charge on any atom is 0.303 e. The standard InChI is InChI=1S/C24H24N6O4/c25-22(26)18-11-28-23(29-12-18)16-3-5-20(6-4-16)34-14-19-8-15(9-21(31)32)13-30(19)24(33)17-2-1-7-27-10-17/h1-7,10-12,15,19H,8-9,13-14H2,(H3,25,26)(H,31,32)/t15-,19-/m0/s1. The molecule has 4 N–H and O–H groups in total. The molecule has 1 aliphatic rings. The van der Waals surface area contributed by atoms with E-state index in [2.05, 4.69) is 15.0 Å². The van der Waals surface area contributed by atoms with Crippen LogP contribution in [0.1, 0.15) is 28.8 Å². The van der Waals surface area contributed by atoms with Gasteiger partial charge in [-0.05, 0) is 48.7 Å². The van der Waals surface area contributed by atoms with Crippen molar-refractivity contribution in [2.24, 2.45) is 11.7 Å². The molecule has 1 amide bonds. The minimum Gasteiger partial charge on any atom is -0.491 e. The maximum atomic E-state index is 13.0. The van der Waals surface area contributed by atoms with Crippen LogP contribution >= 0.6 is 0 Å². The fraction of sp³-hybridized carbons (Fsp3) is 0.250.